The molecule has 0 spiro atoms. The van der Waals surface area contributed by atoms with Crippen molar-refractivity contribution in [3.8, 4) is 6.07 Å². The van der Waals surface area contributed by atoms with E-state index in [9.17, 15) is 10.1 Å². The van der Waals surface area contributed by atoms with Crippen LogP contribution in [0.5, 0.6) is 0 Å². The number of nitrogens with one attached hydrogen (secondary N) is 1. The number of amides is 1. The van der Waals surface area contributed by atoms with Crippen LogP contribution in [-0.2, 0) is 17.6 Å². The molecule has 1 N–H and O–H groups in total. The molecule has 1 aromatic rings. The molecule has 0 saturated carbocycles. The Morgan fingerprint density at radius 2 is 1.86 bits per heavy atom. The average molecular weight is 317 g/mol. The van der Waals surface area contributed by atoms with Crippen LogP contribution in [-0.4, -0.2) is 30.4 Å². The van der Waals surface area contributed by atoms with E-state index in [1.807, 2.05) is 0 Å². The molecule has 1 aromatic heterocycles. The number of carbonyl (C=O) groups excluding carboxylic acids is 1. The lowest BCUT2D eigenvalue weighted by Crippen LogP contribution is -2.30. The van der Waals surface area contributed by atoms with E-state index in [0.29, 0.717) is 6.54 Å². The molecule has 2 heterocycles. The molecule has 1 fully saturated rings. The summed E-state index contributed by atoms with van der Waals surface area (Å²) in [5.74, 6) is 0.0209. The molecule has 1 aliphatic heterocycles. The van der Waals surface area contributed by atoms with E-state index in [0.717, 1.165) is 42.9 Å². The monoisotopic (exact) mass is 317 g/mol. The van der Waals surface area contributed by atoms with Gasteiger partial charge in [0.05, 0.1) is 12.1 Å². The molecule has 0 radical (unpaired) electrons. The fraction of sp³-hybridized carbons (Fsp3) is 0.647. The lowest BCUT2D eigenvalue weighted by molar-refractivity contribution is -0.117. The minimum absolute atomic E-state index is 0.0209. The first-order valence-corrected chi connectivity index (χ1v) is 9.16. The van der Waals surface area contributed by atoms with Gasteiger partial charge in [-0.25, -0.2) is 0 Å². The summed E-state index contributed by atoms with van der Waals surface area (Å²) in [6, 6.07) is 2.33. The van der Waals surface area contributed by atoms with Gasteiger partial charge in [0.1, 0.15) is 11.1 Å². The fourth-order valence-corrected chi connectivity index (χ4v) is 4.69. The van der Waals surface area contributed by atoms with Gasteiger partial charge in [-0.3, -0.25) is 9.69 Å². The molecule has 0 aromatic carbocycles. The smallest absolute Gasteiger partial charge is 0.239 e. The molecule has 1 aliphatic carbocycles. The van der Waals surface area contributed by atoms with Gasteiger partial charge in [0.2, 0.25) is 5.91 Å². The van der Waals surface area contributed by atoms with E-state index >= 15 is 0 Å². The van der Waals surface area contributed by atoms with Gasteiger partial charge < -0.3 is 5.32 Å². The molecule has 1 saturated heterocycles. The van der Waals surface area contributed by atoms with Crippen molar-refractivity contribution in [2.24, 2.45) is 0 Å². The summed E-state index contributed by atoms with van der Waals surface area (Å²) in [5, 5.41) is 13.3. The molecule has 22 heavy (non-hydrogen) atoms. The predicted octanol–water partition coefficient (Wildman–Crippen LogP) is 3.31. The zero-order chi connectivity index (χ0) is 15.4. The lowest BCUT2D eigenvalue weighted by Gasteiger charge is -2.13. The Morgan fingerprint density at radius 3 is 2.59 bits per heavy atom. The van der Waals surface area contributed by atoms with E-state index in [-0.39, 0.29) is 5.91 Å². The highest BCUT2D eigenvalue weighted by Gasteiger charge is 2.21. The highest BCUT2D eigenvalue weighted by atomic mass is 32.1. The first-order valence-electron chi connectivity index (χ1n) is 8.35. The van der Waals surface area contributed by atoms with Crippen LogP contribution in [0.2, 0.25) is 0 Å². The molecule has 0 atom stereocenters. The molecular weight excluding hydrogens is 294 g/mol. The summed E-state index contributed by atoms with van der Waals surface area (Å²) < 4.78 is 0. The average Bonchev–Trinajstić information content (AvgIpc) is 3.07. The molecule has 0 bridgehead atoms. The van der Waals surface area contributed by atoms with Crippen LogP contribution >= 0.6 is 11.3 Å². The molecule has 0 unspecified atom stereocenters. The second kappa shape index (κ2) is 7.26. The third kappa shape index (κ3) is 3.50. The van der Waals surface area contributed by atoms with Crippen molar-refractivity contribution in [3.63, 3.8) is 0 Å². The first kappa shape index (κ1) is 15.5. The number of carbonyl (C=O) groups is 1. The number of nitrogens with zero attached hydrogens (tertiary/aromatic N) is 2. The number of hydrogen-bond donors (Lipinski definition) is 1. The number of fused-ring (bicyclic) bond motifs is 1. The Kier molecular flexibility index (Phi) is 5.12. The molecular formula is C17H23N3OS. The minimum atomic E-state index is 0.0209. The van der Waals surface area contributed by atoms with Crippen molar-refractivity contribution in [1.82, 2.24) is 4.90 Å². The second-order valence-corrected chi connectivity index (χ2v) is 7.37. The summed E-state index contributed by atoms with van der Waals surface area (Å²) in [6.07, 6.45) is 9.27. The van der Waals surface area contributed by atoms with Crippen LogP contribution in [0, 0.1) is 11.3 Å². The third-order valence-corrected chi connectivity index (χ3v) is 5.81. The van der Waals surface area contributed by atoms with E-state index in [1.165, 1.54) is 42.5 Å². The maximum Gasteiger partial charge on any atom is 0.239 e. The topological polar surface area (TPSA) is 56.1 Å². The largest absolute Gasteiger partial charge is 0.315 e. The normalized spacial score (nSPS) is 19.0. The highest BCUT2D eigenvalue weighted by molar-refractivity contribution is 7.16. The number of hydrogen-bond acceptors (Lipinski definition) is 4. The summed E-state index contributed by atoms with van der Waals surface area (Å²) in [5.41, 5.74) is 1.92. The van der Waals surface area contributed by atoms with Gasteiger partial charge in [0.25, 0.3) is 0 Å². The predicted molar refractivity (Wildman–Crippen MR) is 89.2 cm³/mol. The number of aryl methyl sites for hydroxylation is 1. The Labute approximate surface area is 136 Å². The van der Waals surface area contributed by atoms with Gasteiger partial charge in [-0.2, -0.15) is 5.26 Å². The Hall–Kier alpha value is -1.38. The summed E-state index contributed by atoms with van der Waals surface area (Å²) >= 11 is 1.62. The Bertz CT molecular complexity index is 581. The number of rotatable bonds is 3. The first-order chi connectivity index (χ1) is 10.8. The van der Waals surface area contributed by atoms with E-state index in [4.69, 9.17) is 0 Å². The zero-order valence-electron chi connectivity index (χ0n) is 13.0. The van der Waals surface area contributed by atoms with Crippen molar-refractivity contribution in [1.29, 1.82) is 5.26 Å². The fourth-order valence-electron chi connectivity index (χ4n) is 3.44. The van der Waals surface area contributed by atoms with E-state index in [1.54, 1.807) is 11.3 Å². The molecule has 118 valence electrons. The van der Waals surface area contributed by atoms with Crippen molar-refractivity contribution < 1.29 is 4.79 Å². The summed E-state index contributed by atoms with van der Waals surface area (Å²) in [6.45, 7) is 2.48. The van der Waals surface area contributed by atoms with Crippen molar-refractivity contribution >= 4 is 22.2 Å². The Balaban J connectivity index is 1.73. The molecule has 3 rings (SSSR count). The van der Waals surface area contributed by atoms with Crippen molar-refractivity contribution in [2.45, 2.75) is 51.4 Å². The number of thiophene rings is 1. The molecule has 1 amide bonds. The minimum Gasteiger partial charge on any atom is -0.315 e. The van der Waals surface area contributed by atoms with Crippen LogP contribution < -0.4 is 5.32 Å². The van der Waals surface area contributed by atoms with Gasteiger partial charge >= 0.3 is 0 Å². The molecule has 2 aliphatic rings. The third-order valence-electron chi connectivity index (χ3n) is 4.60. The van der Waals surface area contributed by atoms with Crippen LogP contribution in [0.15, 0.2) is 0 Å². The van der Waals surface area contributed by atoms with Crippen LogP contribution in [0.1, 0.15) is 54.5 Å². The van der Waals surface area contributed by atoms with Crippen molar-refractivity contribution in [2.75, 3.05) is 25.0 Å². The number of anilines is 1. The van der Waals surface area contributed by atoms with Gasteiger partial charge in [-0.05, 0) is 57.2 Å². The van der Waals surface area contributed by atoms with Gasteiger partial charge in [-0.1, -0.05) is 12.8 Å². The number of nitriles is 1. The summed E-state index contributed by atoms with van der Waals surface area (Å²) in [7, 11) is 0. The highest BCUT2D eigenvalue weighted by Crippen LogP contribution is 2.36. The number of likely N-dealkylation sites (tertiary alicyclic amines) is 1. The van der Waals surface area contributed by atoms with E-state index in [2.05, 4.69) is 16.3 Å². The maximum atomic E-state index is 12.2. The lowest BCUT2D eigenvalue weighted by atomic mass is 9.97. The van der Waals surface area contributed by atoms with Gasteiger partial charge in [-0.15, -0.1) is 11.3 Å². The SMILES string of the molecule is N#Cc1c(NC(=O)CN2CCCC2)sc2c1CCCCCC2. The van der Waals surface area contributed by atoms with Crippen molar-refractivity contribution in [3.05, 3.63) is 16.0 Å². The van der Waals surface area contributed by atoms with Gasteiger partial charge in [0.15, 0.2) is 0 Å². The quantitative estimate of drug-likeness (QED) is 0.930. The zero-order valence-corrected chi connectivity index (χ0v) is 13.8. The molecule has 4 nitrogen and oxygen atoms in total. The standard InChI is InChI=1S/C17H23N3OS/c18-11-14-13-7-3-1-2-4-8-15(13)22-17(14)19-16(21)12-20-9-5-6-10-20/h1-10,12H2,(H,19,21). The second-order valence-electron chi connectivity index (χ2n) is 6.27. The molecule has 5 heteroatoms. The van der Waals surface area contributed by atoms with Gasteiger partial charge in [0, 0.05) is 4.88 Å². The Morgan fingerprint density at radius 1 is 1.14 bits per heavy atom. The van der Waals surface area contributed by atoms with Crippen LogP contribution in [0.3, 0.4) is 0 Å². The maximum absolute atomic E-state index is 12.2. The van der Waals surface area contributed by atoms with E-state index < -0.39 is 0 Å². The van der Waals surface area contributed by atoms with Crippen LogP contribution in [0.25, 0.3) is 0 Å². The van der Waals surface area contributed by atoms with Crippen LogP contribution in [0.4, 0.5) is 5.00 Å². The summed E-state index contributed by atoms with van der Waals surface area (Å²) in [4.78, 5) is 15.7.